The molecule has 0 unspecified atom stereocenters. The van der Waals surface area contributed by atoms with Gasteiger partial charge in [-0.25, -0.2) is 13.8 Å². The van der Waals surface area contributed by atoms with Gasteiger partial charge >= 0.3 is 0 Å². The van der Waals surface area contributed by atoms with Crippen molar-refractivity contribution >= 4 is 34.4 Å². The molecule has 28 heavy (non-hydrogen) atoms. The molecule has 0 atom stereocenters. The van der Waals surface area contributed by atoms with E-state index in [1.165, 1.54) is 21.6 Å². The van der Waals surface area contributed by atoms with Crippen LogP contribution in [-0.2, 0) is 11.3 Å². The summed E-state index contributed by atoms with van der Waals surface area (Å²) in [6.07, 6.45) is 0.0399. The summed E-state index contributed by atoms with van der Waals surface area (Å²) in [7, 11) is 0. The lowest BCUT2D eigenvalue weighted by Gasteiger charge is -2.09. The summed E-state index contributed by atoms with van der Waals surface area (Å²) < 4.78 is 29.4. The molecule has 0 aliphatic heterocycles. The van der Waals surface area contributed by atoms with Gasteiger partial charge in [-0.3, -0.25) is 18.8 Å². The number of carbonyl (C=O) groups excluding carboxylic acids is 1. The smallest absolute Gasteiger partial charge is 0.264 e. The zero-order valence-corrected chi connectivity index (χ0v) is 16.0. The summed E-state index contributed by atoms with van der Waals surface area (Å²) in [5.41, 5.74) is -0.860. The molecule has 0 aliphatic rings. The van der Waals surface area contributed by atoms with Gasteiger partial charge in [0, 0.05) is 48.4 Å². The average Bonchev–Trinajstić information content (AvgIpc) is 3.07. The summed E-state index contributed by atoms with van der Waals surface area (Å²) in [4.78, 5) is 28.5. The molecule has 0 aromatic carbocycles. The zero-order valence-electron chi connectivity index (χ0n) is 15.2. The summed E-state index contributed by atoms with van der Waals surface area (Å²) in [5, 5.41) is 7.50. The number of anilines is 1. The minimum Gasteiger partial charge on any atom is -0.311 e. The van der Waals surface area contributed by atoms with E-state index in [2.05, 4.69) is 15.4 Å². The first kappa shape index (κ1) is 19.9. The number of carbonyl (C=O) groups is 1. The van der Waals surface area contributed by atoms with Gasteiger partial charge in [-0.2, -0.15) is 5.10 Å². The van der Waals surface area contributed by atoms with E-state index < -0.39 is 12.0 Å². The summed E-state index contributed by atoms with van der Waals surface area (Å²) in [6.45, 7) is 3.69. The summed E-state index contributed by atoms with van der Waals surface area (Å²) in [6, 6.07) is 3.96. The van der Waals surface area contributed by atoms with Crippen molar-refractivity contribution < 1.29 is 13.6 Å². The highest BCUT2D eigenvalue weighted by molar-refractivity contribution is 6.30. The van der Waals surface area contributed by atoms with Gasteiger partial charge in [0.05, 0.1) is 5.02 Å². The second-order valence-electron chi connectivity index (χ2n) is 6.49. The van der Waals surface area contributed by atoms with Crippen LogP contribution in [0.3, 0.4) is 0 Å². The molecule has 0 radical (unpaired) electrons. The van der Waals surface area contributed by atoms with E-state index in [9.17, 15) is 18.4 Å². The second kappa shape index (κ2) is 8.05. The topological polar surface area (TPSA) is 81.8 Å². The molecular weight excluding hydrogens is 392 g/mol. The molecule has 10 heteroatoms. The van der Waals surface area contributed by atoms with Crippen molar-refractivity contribution in [2.24, 2.45) is 0 Å². The SMILES string of the molecule is CC(C)n1cc2c(C(F)F)cc(=O)n(CCC(=O)Nc3ccc(Cl)cn3)c2n1. The number of nitrogens with one attached hydrogen (secondary N) is 1. The van der Waals surface area contributed by atoms with Crippen LogP contribution < -0.4 is 10.9 Å². The fourth-order valence-electron chi connectivity index (χ4n) is 2.71. The molecule has 1 amide bonds. The lowest BCUT2D eigenvalue weighted by Crippen LogP contribution is -2.24. The highest BCUT2D eigenvalue weighted by Crippen LogP contribution is 2.26. The number of amides is 1. The Kier molecular flexibility index (Phi) is 5.73. The molecule has 7 nitrogen and oxygen atoms in total. The molecule has 3 aromatic heterocycles. The van der Waals surface area contributed by atoms with Gasteiger partial charge < -0.3 is 5.32 Å². The van der Waals surface area contributed by atoms with Crippen molar-refractivity contribution in [1.82, 2.24) is 19.3 Å². The number of aryl methyl sites for hydroxylation is 1. The standard InChI is InChI=1S/C18H18ClF2N5O2/c1-10(2)26-9-13-12(17(20)21)7-16(28)25(18(13)24-26)6-5-15(27)23-14-4-3-11(19)8-22-14/h3-4,7-10,17H,5-6H2,1-2H3,(H,22,23,27). The van der Waals surface area contributed by atoms with Crippen LogP contribution in [0.4, 0.5) is 14.6 Å². The number of rotatable bonds is 6. The largest absolute Gasteiger partial charge is 0.311 e. The lowest BCUT2D eigenvalue weighted by molar-refractivity contribution is -0.116. The highest BCUT2D eigenvalue weighted by Gasteiger charge is 2.20. The van der Waals surface area contributed by atoms with E-state index in [4.69, 9.17) is 11.6 Å². The second-order valence-corrected chi connectivity index (χ2v) is 6.93. The quantitative estimate of drug-likeness (QED) is 0.671. The molecule has 3 heterocycles. The predicted molar refractivity (Wildman–Crippen MR) is 102 cm³/mol. The average molecular weight is 410 g/mol. The van der Waals surface area contributed by atoms with Gasteiger partial charge in [0.15, 0.2) is 5.65 Å². The van der Waals surface area contributed by atoms with Crippen molar-refractivity contribution in [3.05, 3.63) is 51.5 Å². The van der Waals surface area contributed by atoms with Gasteiger partial charge in [0.1, 0.15) is 5.82 Å². The van der Waals surface area contributed by atoms with Crippen molar-refractivity contribution in [3.8, 4) is 0 Å². The number of halogens is 3. The third-order valence-corrected chi connectivity index (χ3v) is 4.37. The van der Waals surface area contributed by atoms with Gasteiger partial charge in [-0.05, 0) is 26.0 Å². The van der Waals surface area contributed by atoms with Crippen LogP contribution in [0, 0.1) is 0 Å². The maximum atomic E-state index is 13.3. The number of nitrogens with zero attached hydrogens (tertiary/aromatic N) is 4. The van der Waals surface area contributed by atoms with Gasteiger partial charge in [-0.15, -0.1) is 0 Å². The van der Waals surface area contributed by atoms with Crippen LogP contribution in [0.1, 0.15) is 38.3 Å². The van der Waals surface area contributed by atoms with Crippen molar-refractivity contribution in [1.29, 1.82) is 0 Å². The van der Waals surface area contributed by atoms with E-state index in [0.29, 0.717) is 10.8 Å². The molecule has 0 saturated heterocycles. The Labute approximate surface area is 163 Å². The Balaban J connectivity index is 1.87. The number of alkyl halides is 2. The fourth-order valence-corrected chi connectivity index (χ4v) is 2.82. The number of hydrogen-bond donors (Lipinski definition) is 1. The van der Waals surface area contributed by atoms with Crippen molar-refractivity contribution in [3.63, 3.8) is 0 Å². The molecular formula is C18H18ClF2N5O2. The summed E-state index contributed by atoms with van der Waals surface area (Å²) >= 11 is 5.75. The molecule has 1 N–H and O–H groups in total. The lowest BCUT2D eigenvalue weighted by atomic mass is 10.2. The Bertz CT molecular complexity index is 1060. The van der Waals surface area contributed by atoms with Crippen LogP contribution in [0.2, 0.25) is 5.02 Å². The first-order chi connectivity index (χ1) is 13.3. The minimum absolute atomic E-state index is 0.00656. The maximum absolute atomic E-state index is 13.3. The molecule has 0 bridgehead atoms. The van der Waals surface area contributed by atoms with Crippen LogP contribution in [-0.4, -0.2) is 25.2 Å². The number of aromatic nitrogens is 4. The van der Waals surface area contributed by atoms with Crippen LogP contribution >= 0.6 is 11.6 Å². The van der Waals surface area contributed by atoms with Gasteiger partial charge in [0.25, 0.3) is 12.0 Å². The Morgan fingerprint density at radius 2 is 2.07 bits per heavy atom. The molecule has 148 valence electrons. The molecule has 3 rings (SSSR count). The number of fused-ring (bicyclic) bond motifs is 1. The monoisotopic (exact) mass is 409 g/mol. The molecule has 3 aromatic rings. The third kappa shape index (κ3) is 4.19. The van der Waals surface area contributed by atoms with Crippen molar-refractivity contribution in [2.75, 3.05) is 5.32 Å². The van der Waals surface area contributed by atoms with Crippen LogP contribution in [0.5, 0.6) is 0 Å². The number of hydrogen-bond acceptors (Lipinski definition) is 4. The zero-order chi connectivity index (χ0) is 20.4. The maximum Gasteiger partial charge on any atom is 0.264 e. The summed E-state index contributed by atoms with van der Waals surface area (Å²) in [5.74, 6) is -0.0554. The molecule has 0 spiro atoms. The predicted octanol–water partition coefficient (Wildman–Crippen LogP) is 3.79. The first-order valence-corrected chi connectivity index (χ1v) is 8.96. The molecule has 0 aliphatic carbocycles. The molecule has 0 fully saturated rings. The van der Waals surface area contributed by atoms with E-state index in [0.717, 1.165) is 6.07 Å². The Morgan fingerprint density at radius 1 is 1.32 bits per heavy atom. The minimum atomic E-state index is -2.80. The normalized spacial score (nSPS) is 11.5. The van der Waals surface area contributed by atoms with E-state index in [-0.39, 0.29) is 41.5 Å². The third-order valence-electron chi connectivity index (χ3n) is 4.15. The first-order valence-electron chi connectivity index (χ1n) is 8.58. The molecule has 0 saturated carbocycles. The Morgan fingerprint density at radius 3 is 2.68 bits per heavy atom. The van der Waals surface area contributed by atoms with Gasteiger partial charge in [0.2, 0.25) is 5.91 Å². The van der Waals surface area contributed by atoms with Crippen LogP contribution in [0.25, 0.3) is 11.0 Å². The van der Waals surface area contributed by atoms with E-state index in [1.54, 1.807) is 12.1 Å². The number of pyridine rings is 2. The van der Waals surface area contributed by atoms with E-state index in [1.807, 2.05) is 13.8 Å². The fraction of sp³-hybridized carbons (Fsp3) is 0.333. The van der Waals surface area contributed by atoms with Crippen LogP contribution in [0.15, 0.2) is 35.4 Å². The highest BCUT2D eigenvalue weighted by atomic mass is 35.5. The van der Waals surface area contributed by atoms with E-state index >= 15 is 0 Å². The van der Waals surface area contributed by atoms with Gasteiger partial charge in [-0.1, -0.05) is 11.6 Å². The van der Waals surface area contributed by atoms with Crippen molar-refractivity contribution in [2.45, 2.75) is 39.3 Å². The Hall–Kier alpha value is -2.81.